The van der Waals surface area contributed by atoms with Gasteiger partial charge in [0.2, 0.25) is 5.91 Å². The highest BCUT2D eigenvalue weighted by molar-refractivity contribution is 5.95. The van der Waals surface area contributed by atoms with Crippen molar-refractivity contribution in [3.8, 4) is 11.5 Å². The molecule has 0 aliphatic carbocycles. The highest BCUT2D eigenvalue weighted by Gasteiger charge is 2.24. The monoisotopic (exact) mass is 318 g/mol. The number of carbonyl (C=O) groups excluding carboxylic acids is 2. The van der Waals surface area contributed by atoms with Crippen molar-refractivity contribution < 1.29 is 19.1 Å². The summed E-state index contributed by atoms with van der Waals surface area (Å²) in [5, 5.41) is 2.87. The molecule has 2 rings (SSSR count). The molecular weight excluding hydrogens is 296 g/mol. The quantitative estimate of drug-likeness (QED) is 0.838. The van der Waals surface area contributed by atoms with Crippen LogP contribution in [0.25, 0.3) is 0 Å². The third-order valence-electron chi connectivity index (χ3n) is 3.94. The van der Waals surface area contributed by atoms with Crippen LogP contribution in [0, 0.1) is 0 Å². The number of likely N-dealkylation sites (tertiary alicyclic amines) is 1. The summed E-state index contributed by atoms with van der Waals surface area (Å²) < 4.78 is 10.4. The smallest absolute Gasteiger partial charge is 0.253 e. The van der Waals surface area contributed by atoms with Gasteiger partial charge in [-0.3, -0.25) is 9.59 Å². The molecule has 1 aliphatic heterocycles. The van der Waals surface area contributed by atoms with Gasteiger partial charge in [-0.05, 0) is 37.1 Å². The predicted molar refractivity (Wildman–Crippen MR) is 86.8 cm³/mol. The number of piperidine rings is 1. The van der Waals surface area contributed by atoms with Crippen molar-refractivity contribution in [2.24, 2.45) is 0 Å². The predicted octanol–water partition coefficient (Wildman–Crippen LogP) is 1.61. The van der Waals surface area contributed by atoms with Crippen molar-refractivity contribution in [2.75, 3.05) is 27.3 Å². The lowest BCUT2D eigenvalue weighted by atomic mass is 10.0. The summed E-state index contributed by atoms with van der Waals surface area (Å²) in [6.07, 6.45) is 2.73. The van der Waals surface area contributed by atoms with E-state index < -0.39 is 0 Å². The van der Waals surface area contributed by atoms with E-state index in [1.54, 1.807) is 37.3 Å². The molecule has 1 saturated heterocycles. The van der Waals surface area contributed by atoms with Gasteiger partial charge in [0.25, 0.3) is 5.91 Å². The molecule has 1 fully saturated rings. The first kappa shape index (κ1) is 16.9. The number of amides is 2. The number of ether oxygens (including phenoxy) is 2. The van der Waals surface area contributed by atoms with Gasteiger partial charge in [0.05, 0.1) is 14.2 Å². The molecule has 0 atom stereocenters. The summed E-state index contributed by atoms with van der Waals surface area (Å²) in [6, 6.07) is 5.24. The Bertz CT molecular complexity index is 592. The highest BCUT2D eigenvalue weighted by Crippen LogP contribution is 2.28. The van der Waals surface area contributed by atoms with Crippen LogP contribution in [0.5, 0.6) is 11.5 Å². The van der Waals surface area contributed by atoms with E-state index in [0.717, 1.165) is 12.8 Å². The van der Waals surface area contributed by atoms with Crippen molar-refractivity contribution >= 4 is 11.8 Å². The van der Waals surface area contributed by atoms with Crippen LogP contribution in [0.15, 0.2) is 30.9 Å². The Labute approximate surface area is 136 Å². The number of nitrogens with one attached hydrogen (secondary N) is 1. The largest absolute Gasteiger partial charge is 0.493 e. The Balaban J connectivity index is 1.99. The molecule has 1 aromatic rings. The van der Waals surface area contributed by atoms with Crippen LogP contribution in [-0.4, -0.2) is 50.1 Å². The van der Waals surface area contributed by atoms with Crippen LogP contribution in [0.2, 0.25) is 0 Å². The minimum Gasteiger partial charge on any atom is -0.493 e. The van der Waals surface area contributed by atoms with Crippen molar-refractivity contribution in [2.45, 2.75) is 18.9 Å². The van der Waals surface area contributed by atoms with Crippen LogP contribution in [0.1, 0.15) is 23.2 Å². The molecule has 6 nitrogen and oxygen atoms in total. The van der Waals surface area contributed by atoms with E-state index in [1.807, 2.05) is 0 Å². The molecular formula is C17H22N2O4. The molecule has 23 heavy (non-hydrogen) atoms. The van der Waals surface area contributed by atoms with Gasteiger partial charge in [-0.15, -0.1) is 0 Å². The fourth-order valence-corrected chi connectivity index (χ4v) is 2.64. The number of rotatable bonds is 5. The van der Waals surface area contributed by atoms with Crippen molar-refractivity contribution in [3.05, 3.63) is 36.4 Å². The van der Waals surface area contributed by atoms with E-state index in [4.69, 9.17) is 9.47 Å². The first-order valence-electron chi connectivity index (χ1n) is 7.53. The zero-order valence-corrected chi connectivity index (χ0v) is 13.5. The molecule has 0 aromatic heterocycles. The summed E-state index contributed by atoms with van der Waals surface area (Å²) in [5.41, 5.74) is 0.566. The van der Waals surface area contributed by atoms with Crippen LogP contribution in [-0.2, 0) is 4.79 Å². The van der Waals surface area contributed by atoms with Crippen molar-refractivity contribution in [1.29, 1.82) is 0 Å². The fourth-order valence-electron chi connectivity index (χ4n) is 2.64. The number of carbonyl (C=O) groups is 2. The Morgan fingerprint density at radius 3 is 2.43 bits per heavy atom. The molecule has 1 N–H and O–H groups in total. The SMILES string of the molecule is C=CC(=O)NC1CCN(C(=O)c2ccc(OC)c(OC)c2)CC1. The maximum atomic E-state index is 12.6. The molecule has 0 saturated carbocycles. The second-order valence-electron chi connectivity index (χ2n) is 5.35. The molecule has 0 radical (unpaired) electrons. The fraction of sp³-hybridized carbons (Fsp3) is 0.412. The lowest BCUT2D eigenvalue weighted by molar-refractivity contribution is -0.117. The van der Waals surface area contributed by atoms with Crippen molar-refractivity contribution in [1.82, 2.24) is 10.2 Å². The van der Waals surface area contributed by atoms with E-state index in [1.165, 1.54) is 6.08 Å². The summed E-state index contributed by atoms with van der Waals surface area (Å²) in [7, 11) is 3.10. The van der Waals surface area contributed by atoms with Crippen LogP contribution in [0.3, 0.4) is 0 Å². The van der Waals surface area contributed by atoms with Crippen molar-refractivity contribution in [3.63, 3.8) is 0 Å². The normalized spacial score (nSPS) is 15.0. The number of nitrogens with zero attached hydrogens (tertiary/aromatic N) is 1. The number of hydrogen-bond donors (Lipinski definition) is 1. The molecule has 0 spiro atoms. The standard InChI is InChI=1S/C17H22N2O4/c1-4-16(20)18-13-7-9-19(10-8-13)17(21)12-5-6-14(22-2)15(11-12)23-3/h4-6,11,13H,1,7-10H2,2-3H3,(H,18,20). The second kappa shape index (κ2) is 7.67. The van der Waals surface area contributed by atoms with Gasteiger partial charge in [-0.25, -0.2) is 0 Å². The molecule has 6 heteroatoms. The van der Waals surface area contributed by atoms with Gasteiger partial charge in [-0.2, -0.15) is 0 Å². The van der Waals surface area contributed by atoms with Gasteiger partial charge in [0.1, 0.15) is 0 Å². The summed E-state index contributed by atoms with van der Waals surface area (Å²) >= 11 is 0. The average molecular weight is 318 g/mol. The van der Waals surface area contributed by atoms with Gasteiger partial charge in [0.15, 0.2) is 11.5 Å². The van der Waals surface area contributed by atoms with Gasteiger partial charge in [0, 0.05) is 24.7 Å². The van der Waals surface area contributed by atoms with E-state index >= 15 is 0 Å². The highest BCUT2D eigenvalue weighted by atomic mass is 16.5. The number of hydrogen-bond acceptors (Lipinski definition) is 4. The van der Waals surface area contributed by atoms with Crippen LogP contribution < -0.4 is 14.8 Å². The number of methoxy groups -OCH3 is 2. The maximum absolute atomic E-state index is 12.6. The van der Waals surface area contributed by atoms with E-state index in [9.17, 15) is 9.59 Å². The van der Waals surface area contributed by atoms with E-state index in [-0.39, 0.29) is 17.9 Å². The minimum atomic E-state index is -0.172. The third kappa shape index (κ3) is 4.03. The number of benzene rings is 1. The summed E-state index contributed by atoms with van der Waals surface area (Å²) in [6.45, 7) is 4.65. The van der Waals surface area contributed by atoms with Gasteiger partial charge < -0.3 is 19.7 Å². The lowest BCUT2D eigenvalue weighted by Crippen LogP contribution is -2.46. The molecule has 1 heterocycles. The Hall–Kier alpha value is -2.50. The van der Waals surface area contributed by atoms with Gasteiger partial charge in [-0.1, -0.05) is 6.58 Å². The van der Waals surface area contributed by atoms with E-state index in [2.05, 4.69) is 11.9 Å². The molecule has 1 aromatic carbocycles. The maximum Gasteiger partial charge on any atom is 0.253 e. The lowest BCUT2D eigenvalue weighted by Gasteiger charge is -2.32. The zero-order chi connectivity index (χ0) is 16.8. The molecule has 0 bridgehead atoms. The molecule has 124 valence electrons. The first-order chi connectivity index (χ1) is 11.1. The molecule has 0 unspecified atom stereocenters. The zero-order valence-electron chi connectivity index (χ0n) is 13.5. The third-order valence-corrected chi connectivity index (χ3v) is 3.94. The average Bonchev–Trinajstić information content (AvgIpc) is 2.60. The van der Waals surface area contributed by atoms with Crippen LogP contribution in [0.4, 0.5) is 0 Å². The Morgan fingerprint density at radius 1 is 1.22 bits per heavy atom. The van der Waals surface area contributed by atoms with Crippen LogP contribution >= 0.6 is 0 Å². The minimum absolute atomic E-state index is 0.0422. The van der Waals surface area contributed by atoms with Gasteiger partial charge >= 0.3 is 0 Å². The molecule has 1 aliphatic rings. The summed E-state index contributed by atoms with van der Waals surface area (Å²) in [5.74, 6) is 0.912. The van der Waals surface area contributed by atoms with E-state index in [0.29, 0.717) is 30.2 Å². The topological polar surface area (TPSA) is 67.9 Å². The summed E-state index contributed by atoms with van der Waals surface area (Å²) in [4.78, 5) is 25.7. The Morgan fingerprint density at radius 2 is 1.87 bits per heavy atom. The first-order valence-corrected chi connectivity index (χ1v) is 7.53. The second-order valence-corrected chi connectivity index (χ2v) is 5.35. The Kier molecular flexibility index (Phi) is 5.62. The molecule has 2 amide bonds.